The molecule has 0 aliphatic carbocycles. The zero-order valence-corrected chi connectivity index (χ0v) is 16.8. The van der Waals surface area contributed by atoms with Gasteiger partial charge in [0.2, 0.25) is 11.8 Å². The second-order valence-electron chi connectivity index (χ2n) is 7.83. The number of carbonyl (C=O) groups is 1. The predicted molar refractivity (Wildman–Crippen MR) is 118 cm³/mol. The maximum atomic E-state index is 12.9. The summed E-state index contributed by atoms with van der Waals surface area (Å²) in [6, 6.07) is 26.5. The van der Waals surface area contributed by atoms with E-state index in [1.54, 1.807) is 0 Å². The molecule has 1 aliphatic heterocycles. The van der Waals surface area contributed by atoms with Crippen LogP contribution in [-0.2, 0) is 11.2 Å². The summed E-state index contributed by atoms with van der Waals surface area (Å²) in [5.41, 5.74) is 5.08. The highest BCUT2D eigenvalue weighted by molar-refractivity contribution is 5.81. The van der Waals surface area contributed by atoms with Gasteiger partial charge in [-0.3, -0.25) is 4.79 Å². The normalized spacial score (nSPS) is 16.3. The van der Waals surface area contributed by atoms with Gasteiger partial charge < -0.3 is 9.32 Å². The Kier molecular flexibility index (Phi) is 5.06. The minimum Gasteiger partial charge on any atom is -0.438 e. The molecule has 1 amide bonds. The number of nitrogens with zero attached hydrogens (tertiary/aromatic N) is 2. The lowest BCUT2D eigenvalue weighted by molar-refractivity contribution is -0.132. The molecule has 1 aromatic heterocycles. The van der Waals surface area contributed by atoms with Gasteiger partial charge in [-0.1, -0.05) is 66.7 Å². The zero-order chi connectivity index (χ0) is 20.3. The van der Waals surface area contributed by atoms with Crippen LogP contribution in [0.3, 0.4) is 0 Å². The average molecular weight is 396 g/mol. The van der Waals surface area contributed by atoms with Crippen molar-refractivity contribution in [1.82, 2.24) is 9.88 Å². The number of benzene rings is 3. The van der Waals surface area contributed by atoms with Crippen molar-refractivity contribution in [2.24, 2.45) is 0 Å². The summed E-state index contributed by atoms with van der Waals surface area (Å²) in [5, 5.41) is 0. The second kappa shape index (κ2) is 8.15. The number of likely N-dealkylation sites (tertiary alicyclic amines) is 1. The van der Waals surface area contributed by atoms with Gasteiger partial charge >= 0.3 is 0 Å². The van der Waals surface area contributed by atoms with E-state index in [1.807, 2.05) is 47.4 Å². The van der Waals surface area contributed by atoms with Crippen molar-refractivity contribution in [1.29, 1.82) is 0 Å². The average Bonchev–Trinajstić information content (AvgIpc) is 3.45. The van der Waals surface area contributed by atoms with Gasteiger partial charge in [-0.05, 0) is 48.1 Å². The molecule has 3 aromatic carbocycles. The van der Waals surface area contributed by atoms with Crippen LogP contribution in [0.1, 0.15) is 36.8 Å². The molecule has 0 spiro atoms. The maximum Gasteiger partial charge on any atom is 0.223 e. The summed E-state index contributed by atoms with van der Waals surface area (Å²) in [5.74, 6) is 0.828. The van der Waals surface area contributed by atoms with Gasteiger partial charge in [0.25, 0.3) is 0 Å². The molecule has 0 radical (unpaired) electrons. The molecule has 1 fully saturated rings. The highest BCUT2D eigenvalue weighted by Gasteiger charge is 2.33. The number of aryl methyl sites for hydroxylation is 1. The first kappa shape index (κ1) is 18.6. The Bertz CT molecular complexity index is 1150. The highest BCUT2D eigenvalue weighted by Crippen LogP contribution is 2.34. The largest absolute Gasteiger partial charge is 0.438 e. The summed E-state index contributed by atoms with van der Waals surface area (Å²) in [6.07, 6.45) is 3.15. The van der Waals surface area contributed by atoms with E-state index >= 15 is 0 Å². The van der Waals surface area contributed by atoms with Gasteiger partial charge in [0, 0.05) is 13.0 Å². The zero-order valence-electron chi connectivity index (χ0n) is 16.8. The topological polar surface area (TPSA) is 46.3 Å². The molecule has 4 aromatic rings. The molecule has 0 N–H and O–H groups in total. The van der Waals surface area contributed by atoms with E-state index in [2.05, 4.69) is 36.4 Å². The molecule has 1 unspecified atom stereocenters. The summed E-state index contributed by atoms with van der Waals surface area (Å²) in [7, 11) is 0. The van der Waals surface area contributed by atoms with Crippen molar-refractivity contribution >= 4 is 17.0 Å². The number of carbonyl (C=O) groups excluding carboxylic acids is 1. The molecular weight excluding hydrogens is 372 g/mol. The number of hydrogen-bond donors (Lipinski definition) is 0. The maximum absolute atomic E-state index is 12.9. The van der Waals surface area contributed by atoms with E-state index in [0.717, 1.165) is 48.0 Å². The Morgan fingerprint density at radius 3 is 2.53 bits per heavy atom. The number of fused-ring (bicyclic) bond motifs is 1. The molecule has 2 heterocycles. The Morgan fingerprint density at radius 1 is 0.967 bits per heavy atom. The van der Waals surface area contributed by atoms with E-state index in [-0.39, 0.29) is 11.9 Å². The Morgan fingerprint density at radius 2 is 1.73 bits per heavy atom. The third-order valence-corrected chi connectivity index (χ3v) is 5.84. The Labute approximate surface area is 176 Å². The van der Waals surface area contributed by atoms with Crippen LogP contribution < -0.4 is 0 Å². The predicted octanol–water partition coefficient (Wildman–Crippen LogP) is 5.79. The summed E-state index contributed by atoms with van der Waals surface area (Å²) >= 11 is 0. The van der Waals surface area contributed by atoms with Crippen molar-refractivity contribution in [3.8, 4) is 11.1 Å². The van der Waals surface area contributed by atoms with Crippen LogP contribution in [-0.4, -0.2) is 22.3 Å². The smallest absolute Gasteiger partial charge is 0.223 e. The third kappa shape index (κ3) is 3.73. The fourth-order valence-corrected chi connectivity index (χ4v) is 4.26. The molecule has 1 saturated heterocycles. The molecule has 150 valence electrons. The fourth-order valence-electron chi connectivity index (χ4n) is 4.26. The minimum absolute atomic E-state index is 0.0687. The molecule has 1 atom stereocenters. The van der Waals surface area contributed by atoms with E-state index in [1.165, 1.54) is 5.56 Å². The van der Waals surface area contributed by atoms with Gasteiger partial charge in [0.1, 0.15) is 11.6 Å². The number of oxazole rings is 1. The van der Waals surface area contributed by atoms with Gasteiger partial charge in [-0.25, -0.2) is 4.98 Å². The van der Waals surface area contributed by atoms with E-state index in [0.29, 0.717) is 12.3 Å². The molecule has 1 aliphatic rings. The van der Waals surface area contributed by atoms with Gasteiger partial charge in [-0.2, -0.15) is 0 Å². The van der Waals surface area contributed by atoms with Gasteiger partial charge in [0.15, 0.2) is 5.58 Å². The third-order valence-electron chi connectivity index (χ3n) is 5.84. The monoisotopic (exact) mass is 396 g/mol. The first-order valence-corrected chi connectivity index (χ1v) is 10.6. The lowest BCUT2D eigenvalue weighted by Crippen LogP contribution is -2.30. The number of rotatable bonds is 5. The minimum atomic E-state index is -0.0687. The quantitative estimate of drug-likeness (QED) is 0.429. The van der Waals surface area contributed by atoms with Crippen LogP contribution in [0.5, 0.6) is 0 Å². The van der Waals surface area contributed by atoms with Crippen LogP contribution in [0.2, 0.25) is 0 Å². The van der Waals surface area contributed by atoms with Gasteiger partial charge in [-0.15, -0.1) is 0 Å². The highest BCUT2D eigenvalue weighted by atomic mass is 16.3. The van der Waals surface area contributed by atoms with E-state index in [4.69, 9.17) is 9.40 Å². The molecule has 4 nitrogen and oxygen atoms in total. The Hall–Kier alpha value is -3.40. The lowest BCUT2D eigenvalue weighted by atomic mass is 10.1. The summed E-state index contributed by atoms with van der Waals surface area (Å²) in [6.45, 7) is 0.770. The van der Waals surface area contributed by atoms with Crippen LogP contribution in [0.15, 0.2) is 83.3 Å². The van der Waals surface area contributed by atoms with Crippen LogP contribution in [0.25, 0.3) is 22.2 Å². The first-order chi connectivity index (χ1) is 14.8. The van der Waals surface area contributed by atoms with E-state index < -0.39 is 0 Å². The van der Waals surface area contributed by atoms with Crippen molar-refractivity contribution in [3.63, 3.8) is 0 Å². The molecule has 30 heavy (non-hydrogen) atoms. The molecule has 5 rings (SSSR count). The first-order valence-electron chi connectivity index (χ1n) is 10.6. The standard InChI is InChI=1S/C26H24N2O2/c29-25(16-13-19-8-3-1-4-9-19)28-17-7-12-23(28)26-27-22-18-21(14-15-24(22)30-26)20-10-5-2-6-11-20/h1-6,8-11,14-15,18,23H,7,12-13,16-17H2. The van der Waals surface area contributed by atoms with Crippen LogP contribution >= 0.6 is 0 Å². The molecule has 0 saturated carbocycles. The number of aromatic nitrogens is 1. The molecule has 0 bridgehead atoms. The lowest BCUT2D eigenvalue weighted by Gasteiger charge is -2.22. The fraction of sp³-hybridized carbons (Fsp3) is 0.231. The van der Waals surface area contributed by atoms with Crippen molar-refractivity contribution < 1.29 is 9.21 Å². The van der Waals surface area contributed by atoms with Crippen LogP contribution in [0.4, 0.5) is 0 Å². The molecule has 4 heteroatoms. The van der Waals surface area contributed by atoms with Crippen LogP contribution in [0, 0.1) is 0 Å². The van der Waals surface area contributed by atoms with Crippen molar-refractivity contribution in [2.45, 2.75) is 31.7 Å². The van der Waals surface area contributed by atoms with E-state index in [9.17, 15) is 4.79 Å². The number of amides is 1. The second-order valence-corrected chi connectivity index (χ2v) is 7.83. The van der Waals surface area contributed by atoms with Crippen molar-refractivity contribution in [3.05, 3.63) is 90.3 Å². The summed E-state index contributed by atoms with van der Waals surface area (Å²) in [4.78, 5) is 19.6. The Balaban J connectivity index is 1.35. The van der Waals surface area contributed by atoms with Crippen molar-refractivity contribution in [2.75, 3.05) is 6.54 Å². The number of hydrogen-bond acceptors (Lipinski definition) is 3. The van der Waals surface area contributed by atoms with Gasteiger partial charge in [0.05, 0.1) is 0 Å². The SMILES string of the molecule is O=C(CCc1ccccc1)N1CCCC1c1nc2cc(-c3ccccc3)ccc2o1. The summed E-state index contributed by atoms with van der Waals surface area (Å²) < 4.78 is 6.08. The molecular formula is C26H24N2O2.